The fraction of sp³-hybridized carbons (Fsp3) is 0.562. The Morgan fingerprint density at radius 1 is 1.14 bits per heavy atom. The van der Waals surface area contributed by atoms with E-state index in [1.807, 2.05) is 0 Å². The summed E-state index contributed by atoms with van der Waals surface area (Å²) in [5.74, 6) is -1.18. The van der Waals surface area contributed by atoms with Crippen LogP contribution in [0.3, 0.4) is 0 Å². The normalized spacial score (nSPS) is 26.4. The number of ether oxygens (including phenoxy) is 1. The highest BCUT2D eigenvalue weighted by Crippen LogP contribution is 2.36. The van der Waals surface area contributed by atoms with Gasteiger partial charge in [-0.2, -0.15) is 0 Å². The molecule has 2 aliphatic rings. The number of nitrogens with zero attached hydrogens (tertiary/aromatic N) is 1. The van der Waals surface area contributed by atoms with Crippen LogP contribution in [0.1, 0.15) is 37.7 Å². The molecule has 2 heterocycles. The average molecular weight is 295 g/mol. The second-order valence-corrected chi connectivity index (χ2v) is 5.98. The van der Waals surface area contributed by atoms with E-state index in [0.29, 0.717) is 18.5 Å². The van der Waals surface area contributed by atoms with E-state index in [-0.39, 0.29) is 18.1 Å². The second kappa shape index (κ2) is 5.72. The summed E-state index contributed by atoms with van der Waals surface area (Å²) in [5, 5.41) is 0. The Bertz CT molecular complexity index is 521. The monoisotopic (exact) mass is 295 g/mol. The van der Waals surface area contributed by atoms with Gasteiger partial charge in [0.15, 0.2) is 0 Å². The molecule has 3 nitrogen and oxygen atoms in total. The van der Waals surface area contributed by atoms with Crippen molar-refractivity contribution in [3.63, 3.8) is 0 Å². The quantitative estimate of drug-likeness (QED) is 0.839. The van der Waals surface area contributed by atoms with Crippen molar-refractivity contribution in [1.82, 2.24) is 4.90 Å². The van der Waals surface area contributed by atoms with Crippen molar-refractivity contribution < 1.29 is 18.3 Å². The highest BCUT2D eigenvalue weighted by atomic mass is 19.1. The Kier molecular flexibility index (Phi) is 3.93. The van der Waals surface area contributed by atoms with Crippen LogP contribution in [0.5, 0.6) is 0 Å². The zero-order valence-corrected chi connectivity index (χ0v) is 11.9. The molecule has 2 aliphatic heterocycles. The van der Waals surface area contributed by atoms with Crippen LogP contribution in [0, 0.1) is 11.6 Å². The van der Waals surface area contributed by atoms with Gasteiger partial charge in [-0.05, 0) is 43.4 Å². The first-order valence-electron chi connectivity index (χ1n) is 7.43. The molecule has 0 N–H and O–H groups in total. The summed E-state index contributed by atoms with van der Waals surface area (Å²) in [6.45, 7) is 1.60. The summed E-state index contributed by atoms with van der Waals surface area (Å²) in [4.78, 5) is 13.9. The average Bonchev–Trinajstić information content (AvgIpc) is 2.83. The zero-order chi connectivity index (χ0) is 14.9. The summed E-state index contributed by atoms with van der Waals surface area (Å²) >= 11 is 0. The lowest BCUT2D eigenvalue weighted by atomic mass is 9.92. The molecule has 1 aromatic rings. The Morgan fingerprint density at radius 2 is 1.90 bits per heavy atom. The van der Waals surface area contributed by atoms with Crippen LogP contribution in [0.2, 0.25) is 0 Å². The lowest BCUT2D eigenvalue weighted by molar-refractivity contribution is -0.131. The number of rotatable bonds is 2. The van der Waals surface area contributed by atoms with Crippen LogP contribution < -0.4 is 0 Å². The van der Waals surface area contributed by atoms with E-state index in [2.05, 4.69) is 0 Å². The van der Waals surface area contributed by atoms with Gasteiger partial charge >= 0.3 is 0 Å². The van der Waals surface area contributed by atoms with Crippen LogP contribution in [-0.2, 0) is 16.1 Å². The van der Waals surface area contributed by atoms with Crippen molar-refractivity contribution in [2.75, 3.05) is 13.2 Å². The third-order valence-corrected chi connectivity index (χ3v) is 4.47. The van der Waals surface area contributed by atoms with Gasteiger partial charge in [-0.3, -0.25) is 4.79 Å². The molecule has 1 amide bonds. The van der Waals surface area contributed by atoms with Gasteiger partial charge in [0.2, 0.25) is 5.91 Å². The number of carbonyl (C=O) groups is 1. The predicted octanol–water partition coefficient (Wildman–Crippen LogP) is 3.03. The van der Waals surface area contributed by atoms with E-state index in [1.165, 1.54) is 12.1 Å². The zero-order valence-electron chi connectivity index (χ0n) is 11.9. The minimum absolute atomic E-state index is 0.0343. The number of halogens is 2. The first-order chi connectivity index (χ1) is 10.1. The van der Waals surface area contributed by atoms with E-state index in [9.17, 15) is 13.6 Å². The fourth-order valence-electron chi connectivity index (χ4n) is 3.32. The van der Waals surface area contributed by atoms with Gasteiger partial charge in [-0.25, -0.2) is 8.78 Å². The van der Waals surface area contributed by atoms with Crippen LogP contribution in [0.15, 0.2) is 18.2 Å². The Hall–Kier alpha value is -1.49. The molecule has 114 valence electrons. The van der Waals surface area contributed by atoms with Crippen molar-refractivity contribution in [2.24, 2.45) is 0 Å². The first-order valence-corrected chi connectivity index (χ1v) is 7.43. The van der Waals surface area contributed by atoms with Crippen LogP contribution in [-0.4, -0.2) is 29.6 Å². The molecule has 1 spiro atoms. The summed E-state index contributed by atoms with van der Waals surface area (Å²) in [5.41, 5.74) is 0.335. The van der Waals surface area contributed by atoms with Crippen molar-refractivity contribution in [1.29, 1.82) is 0 Å². The molecule has 1 unspecified atom stereocenters. The number of benzene rings is 1. The van der Waals surface area contributed by atoms with Gasteiger partial charge in [0.25, 0.3) is 0 Å². The largest absolute Gasteiger partial charge is 0.375 e. The van der Waals surface area contributed by atoms with Crippen molar-refractivity contribution in [3.05, 3.63) is 35.4 Å². The van der Waals surface area contributed by atoms with E-state index < -0.39 is 11.6 Å². The number of carbonyl (C=O) groups excluding carboxylic acids is 1. The van der Waals surface area contributed by atoms with E-state index in [1.54, 1.807) is 4.90 Å². The molecule has 1 aromatic carbocycles. The van der Waals surface area contributed by atoms with Gasteiger partial charge in [-0.15, -0.1) is 0 Å². The maximum atomic E-state index is 13.2. The van der Waals surface area contributed by atoms with Crippen LogP contribution in [0.25, 0.3) is 0 Å². The van der Waals surface area contributed by atoms with Crippen molar-refractivity contribution >= 4 is 5.91 Å². The highest BCUT2D eigenvalue weighted by Gasteiger charge is 2.38. The van der Waals surface area contributed by atoms with Crippen LogP contribution >= 0.6 is 0 Å². The number of amides is 1. The fourth-order valence-corrected chi connectivity index (χ4v) is 3.32. The molecule has 0 bridgehead atoms. The van der Waals surface area contributed by atoms with Crippen molar-refractivity contribution in [3.8, 4) is 0 Å². The maximum absolute atomic E-state index is 13.2. The molecule has 0 aromatic heterocycles. The van der Waals surface area contributed by atoms with Gasteiger partial charge in [0.05, 0.1) is 5.60 Å². The minimum Gasteiger partial charge on any atom is -0.375 e. The smallest absolute Gasteiger partial charge is 0.222 e. The molecule has 21 heavy (non-hydrogen) atoms. The molecule has 0 saturated carbocycles. The Balaban J connectivity index is 1.71. The third kappa shape index (κ3) is 3.23. The molecular formula is C16H19F2NO2. The lowest BCUT2D eigenvalue weighted by Crippen LogP contribution is -2.32. The Morgan fingerprint density at radius 3 is 2.57 bits per heavy atom. The molecule has 5 heteroatoms. The SMILES string of the molecule is O=C1CCC2(CCCO2)CCN1Cc1cc(F)cc(F)c1. The standard InChI is InChI=1S/C16H19F2NO2/c17-13-8-12(9-14(18)10-13)11-19-6-5-16(3-1-7-21-16)4-2-15(19)20/h8-10H,1-7,11H2. The first kappa shape index (κ1) is 14.4. The van der Waals surface area contributed by atoms with Crippen molar-refractivity contribution in [2.45, 2.75) is 44.2 Å². The number of hydrogen-bond donors (Lipinski definition) is 0. The topological polar surface area (TPSA) is 29.5 Å². The van der Waals surface area contributed by atoms with Gasteiger partial charge in [0.1, 0.15) is 11.6 Å². The van der Waals surface area contributed by atoms with E-state index in [4.69, 9.17) is 4.74 Å². The lowest BCUT2D eigenvalue weighted by Gasteiger charge is -2.26. The van der Waals surface area contributed by atoms with Gasteiger partial charge in [0, 0.05) is 32.2 Å². The van der Waals surface area contributed by atoms with E-state index >= 15 is 0 Å². The van der Waals surface area contributed by atoms with Crippen LogP contribution in [0.4, 0.5) is 8.78 Å². The molecule has 0 aliphatic carbocycles. The molecular weight excluding hydrogens is 276 g/mol. The highest BCUT2D eigenvalue weighted by molar-refractivity contribution is 5.76. The molecule has 2 saturated heterocycles. The summed E-state index contributed by atoms with van der Waals surface area (Å²) < 4.78 is 32.3. The molecule has 2 fully saturated rings. The minimum atomic E-state index is -0.608. The van der Waals surface area contributed by atoms with Gasteiger partial charge < -0.3 is 9.64 Å². The predicted molar refractivity (Wildman–Crippen MR) is 73.5 cm³/mol. The summed E-state index contributed by atoms with van der Waals surface area (Å²) in [6.07, 6.45) is 4.04. The second-order valence-electron chi connectivity index (χ2n) is 5.98. The maximum Gasteiger partial charge on any atom is 0.222 e. The van der Waals surface area contributed by atoms with E-state index in [0.717, 1.165) is 38.4 Å². The van der Waals surface area contributed by atoms with Gasteiger partial charge in [-0.1, -0.05) is 0 Å². The Labute approximate surface area is 122 Å². The summed E-state index contributed by atoms with van der Waals surface area (Å²) in [6, 6.07) is 3.40. The molecule has 1 atom stereocenters. The number of likely N-dealkylation sites (tertiary alicyclic amines) is 1. The third-order valence-electron chi connectivity index (χ3n) is 4.47. The number of hydrogen-bond acceptors (Lipinski definition) is 2. The summed E-state index contributed by atoms with van der Waals surface area (Å²) in [7, 11) is 0. The molecule has 0 radical (unpaired) electrons. The molecule has 3 rings (SSSR count).